The number of ketones is 1. The summed E-state index contributed by atoms with van der Waals surface area (Å²) in [7, 11) is 0. The second kappa shape index (κ2) is 7.50. The van der Waals surface area contributed by atoms with Gasteiger partial charge in [-0.2, -0.15) is 0 Å². The molecule has 0 saturated carbocycles. The van der Waals surface area contributed by atoms with Gasteiger partial charge in [-0.05, 0) is 24.6 Å². The first-order chi connectivity index (χ1) is 12.6. The minimum absolute atomic E-state index is 0.269. The molecule has 3 rings (SSSR count). The molecular formula is C22H21NO3. The molecule has 1 atom stereocenters. The van der Waals surface area contributed by atoms with E-state index >= 15 is 0 Å². The third-order valence-corrected chi connectivity index (χ3v) is 4.47. The molecule has 0 radical (unpaired) electrons. The van der Waals surface area contributed by atoms with E-state index in [1.54, 1.807) is 30.4 Å². The molecule has 0 aromatic heterocycles. The van der Waals surface area contributed by atoms with Crippen LogP contribution >= 0.6 is 0 Å². The summed E-state index contributed by atoms with van der Waals surface area (Å²) in [5.41, 5.74) is 0.398. The number of anilines is 1. The third kappa shape index (κ3) is 3.37. The van der Waals surface area contributed by atoms with Gasteiger partial charge in [0.15, 0.2) is 11.4 Å². The first kappa shape index (κ1) is 17.8. The highest BCUT2D eigenvalue weighted by atomic mass is 16.3. The van der Waals surface area contributed by atoms with Gasteiger partial charge < -0.3 is 10.0 Å². The Kier molecular flexibility index (Phi) is 5.14. The number of likely N-dealkylation sites (N-methyl/N-ethyl adjacent to an activating group) is 1. The van der Waals surface area contributed by atoms with E-state index in [4.69, 9.17) is 0 Å². The van der Waals surface area contributed by atoms with Crippen molar-refractivity contribution in [1.29, 1.82) is 0 Å². The van der Waals surface area contributed by atoms with E-state index < -0.39 is 11.5 Å². The molecule has 1 amide bonds. The topological polar surface area (TPSA) is 57.6 Å². The van der Waals surface area contributed by atoms with Crippen molar-refractivity contribution < 1.29 is 14.7 Å². The second-order valence-electron chi connectivity index (χ2n) is 6.20. The average Bonchev–Trinajstić information content (AvgIpc) is 2.87. The minimum atomic E-state index is -1.79. The van der Waals surface area contributed by atoms with Gasteiger partial charge in [-0.1, -0.05) is 66.8 Å². The van der Waals surface area contributed by atoms with Crippen molar-refractivity contribution in [2.45, 2.75) is 18.9 Å². The SMILES string of the molecule is CCN1C(=O)C(O)(CC(=O)C=CC=Cc2ccccc2)c2ccccc21. The van der Waals surface area contributed by atoms with E-state index in [2.05, 4.69) is 0 Å². The molecule has 1 heterocycles. The fraction of sp³-hybridized carbons (Fsp3) is 0.182. The number of allylic oxidation sites excluding steroid dienone is 3. The van der Waals surface area contributed by atoms with Gasteiger partial charge in [0.05, 0.1) is 12.1 Å². The Balaban J connectivity index is 1.73. The number of benzene rings is 2. The smallest absolute Gasteiger partial charge is 0.264 e. The fourth-order valence-corrected chi connectivity index (χ4v) is 3.20. The monoisotopic (exact) mass is 347 g/mol. The minimum Gasteiger partial charge on any atom is -0.375 e. The number of fused-ring (bicyclic) bond motifs is 1. The van der Waals surface area contributed by atoms with E-state index in [0.29, 0.717) is 17.8 Å². The van der Waals surface area contributed by atoms with Gasteiger partial charge in [0.1, 0.15) is 0 Å². The van der Waals surface area contributed by atoms with Crippen LogP contribution in [0.25, 0.3) is 6.08 Å². The van der Waals surface area contributed by atoms with Crippen LogP contribution in [0.5, 0.6) is 0 Å². The lowest BCUT2D eigenvalue weighted by Gasteiger charge is -2.21. The van der Waals surface area contributed by atoms with Crippen molar-refractivity contribution in [2.24, 2.45) is 0 Å². The molecule has 26 heavy (non-hydrogen) atoms. The molecule has 4 heteroatoms. The predicted octanol–water partition coefficient (Wildman–Crippen LogP) is 3.47. The lowest BCUT2D eigenvalue weighted by Crippen LogP contribution is -2.41. The van der Waals surface area contributed by atoms with E-state index in [0.717, 1.165) is 5.56 Å². The van der Waals surface area contributed by atoms with Crippen molar-refractivity contribution in [3.8, 4) is 0 Å². The van der Waals surface area contributed by atoms with Crippen LogP contribution in [0, 0.1) is 0 Å². The first-order valence-electron chi connectivity index (χ1n) is 8.62. The summed E-state index contributed by atoms with van der Waals surface area (Å²) in [6.07, 6.45) is 6.39. The van der Waals surface area contributed by atoms with Crippen LogP contribution in [0.1, 0.15) is 24.5 Å². The van der Waals surface area contributed by atoms with Gasteiger partial charge in [0.2, 0.25) is 0 Å². The van der Waals surface area contributed by atoms with Gasteiger partial charge in [0.25, 0.3) is 5.91 Å². The van der Waals surface area contributed by atoms with Crippen molar-refractivity contribution in [2.75, 3.05) is 11.4 Å². The van der Waals surface area contributed by atoms with Gasteiger partial charge in [0, 0.05) is 12.1 Å². The molecule has 1 aliphatic rings. The zero-order valence-electron chi connectivity index (χ0n) is 14.6. The Morgan fingerprint density at radius 1 is 1.08 bits per heavy atom. The van der Waals surface area contributed by atoms with Crippen LogP contribution in [0.2, 0.25) is 0 Å². The number of hydrogen-bond donors (Lipinski definition) is 1. The summed E-state index contributed by atoms with van der Waals surface area (Å²) >= 11 is 0. The molecule has 0 bridgehead atoms. The van der Waals surface area contributed by atoms with Crippen LogP contribution in [-0.2, 0) is 15.2 Å². The Labute approximate surface area is 153 Å². The highest BCUT2D eigenvalue weighted by molar-refractivity contribution is 6.09. The number of para-hydroxylation sites is 1. The molecule has 1 N–H and O–H groups in total. The van der Waals surface area contributed by atoms with Crippen LogP contribution in [0.4, 0.5) is 5.69 Å². The Hall–Kier alpha value is -2.98. The largest absolute Gasteiger partial charge is 0.375 e. The van der Waals surface area contributed by atoms with Gasteiger partial charge in [-0.3, -0.25) is 9.59 Å². The fourth-order valence-electron chi connectivity index (χ4n) is 3.20. The Morgan fingerprint density at radius 2 is 1.77 bits per heavy atom. The maximum atomic E-state index is 12.7. The highest BCUT2D eigenvalue weighted by Crippen LogP contribution is 2.42. The van der Waals surface area contributed by atoms with Crippen molar-refractivity contribution in [3.05, 3.63) is 84.0 Å². The van der Waals surface area contributed by atoms with E-state index in [9.17, 15) is 14.7 Å². The number of hydrogen-bond acceptors (Lipinski definition) is 3. The zero-order chi connectivity index (χ0) is 18.6. The number of carbonyl (C=O) groups is 2. The molecule has 0 fully saturated rings. The van der Waals surface area contributed by atoms with Gasteiger partial charge >= 0.3 is 0 Å². The maximum Gasteiger partial charge on any atom is 0.264 e. The molecule has 2 aromatic rings. The Morgan fingerprint density at radius 3 is 2.50 bits per heavy atom. The lowest BCUT2D eigenvalue weighted by atomic mass is 9.90. The van der Waals surface area contributed by atoms with E-state index in [1.165, 1.54) is 11.0 Å². The average molecular weight is 347 g/mol. The summed E-state index contributed by atoms with van der Waals surface area (Å²) in [5.74, 6) is -0.742. The maximum absolute atomic E-state index is 12.7. The van der Waals surface area contributed by atoms with Crippen LogP contribution < -0.4 is 4.90 Å². The molecule has 2 aromatic carbocycles. The number of aliphatic hydroxyl groups is 1. The lowest BCUT2D eigenvalue weighted by molar-refractivity contribution is -0.140. The molecule has 0 aliphatic carbocycles. The van der Waals surface area contributed by atoms with Crippen LogP contribution in [0.3, 0.4) is 0 Å². The highest BCUT2D eigenvalue weighted by Gasteiger charge is 2.49. The van der Waals surface area contributed by atoms with Crippen molar-refractivity contribution in [1.82, 2.24) is 0 Å². The number of carbonyl (C=O) groups excluding carboxylic acids is 2. The van der Waals surface area contributed by atoms with E-state index in [1.807, 2.05) is 49.4 Å². The second-order valence-corrected chi connectivity index (χ2v) is 6.20. The van der Waals surface area contributed by atoms with Gasteiger partial charge in [-0.15, -0.1) is 0 Å². The van der Waals surface area contributed by atoms with Gasteiger partial charge in [-0.25, -0.2) is 0 Å². The van der Waals surface area contributed by atoms with Crippen molar-refractivity contribution in [3.63, 3.8) is 0 Å². The first-order valence-corrected chi connectivity index (χ1v) is 8.62. The van der Waals surface area contributed by atoms with E-state index in [-0.39, 0.29) is 12.2 Å². The van der Waals surface area contributed by atoms with Crippen LogP contribution in [0.15, 0.2) is 72.8 Å². The quantitative estimate of drug-likeness (QED) is 0.643. The normalized spacial score (nSPS) is 19.5. The summed E-state index contributed by atoms with van der Waals surface area (Å²) < 4.78 is 0. The standard InChI is InChI=1S/C22H21NO3/c1-2-23-20-15-9-8-14-19(20)22(26,21(23)25)16-18(24)13-7-6-12-17-10-4-3-5-11-17/h3-15,26H,2,16H2,1H3. The van der Waals surface area contributed by atoms with Crippen LogP contribution in [-0.4, -0.2) is 23.3 Å². The molecule has 0 saturated heterocycles. The molecule has 1 aliphatic heterocycles. The van der Waals surface area contributed by atoms with Crippen molar-refractivity contribution >= 4 is 23.5 Å². The molecule has 132 valence electrons. The number of nitrogens with zero attached hydrogens (tertiary/aromatic N) is 1. The molecular weight excluding hydrogens is 326 g/mol. The number of rotatable bonds is 6. The summed E-state index contributed by atoms with van der Waals surface area (Å²) in [6.45, 7) is 2.29. The molecule has 0 spiro atoms. The summed E-state index contributed by atoms with van der Waals surface area (Å²) in [6, 6.07) is 16.8. The predicted molar refractivity (Wildman–Crippen MR) is 103 cm³/mol. The zero-order valence-corrected chi connectivity index (χ0v) is 14.6. The Bertz CT molecular complexity index is 870. The molecule has 4 nitrogen and oxygen atoms in total. The summed E-state index contributed by atoms with van der Waals surface area (Å²) in [5, 5.41) is 11.0. The number of amides is 1. The molecule has 1 unspecified atom stereocenters. The summed E-state index contributed by atoms with van der Waals surface area (Å²) in [4.78, 5) is 26.5. The third-order valence-electron chi connectivity index (χ3n) is 4.47.